The maximum absolute atomic E-state index is 14.8. The number of hydrogen-bond acceptors (Lipinski definition) is 9. The van der Waals surface area contributed by atoms with Gasteiger partial charge in [-0.25, -0.2) is 13.4 Å². The SMILES string of the molecule is CCc1ccc2nc(C)c3c(c2c1)CC[C@]1(C[C@H]2C(=O)N[C@]4(C(=O)NS(=O)(=O)C5(C)CC5)C[C@H]4/C=C\CCCCC[C@H](CC(=O)OC(C)(C)C)C(=O)N2C1)O3. The second-order valence-corrected chi connectivity index (χ2v) is 20.1. The summed E-state index contributed by atoms with van der Waals surface area (Å²) < 4.78 is 40.3. The molecular weight excluding hydrogens is 721 g/mol. The Morgan fingerprint density at radius 3 is 2.58 bits per heavy atom. The number of benzene rings is 1. The summed E-state index contributed by atoms with van der Waals surface area (Å²) in [5.74, 6) is -2.59. The highest BCUT2D eigenvalue weighted by atomic mass is 32.2. The van der Waals surface area contributed by atoms with Crippen molar-refractivity contribution < 1.29 is 37.1 Å². The Bertz CT molecular complexity index is 2050. The molecule has 7 rings (SSSR count). The van der Waals surface area contributed by atoms with Crippen molar-refractivity contribution in [2.24, 2.45) is 11.8 Å². The molecule has 2 N–H and O–H groups in total. The van der Waals surface area contributed by atoms with E-state index in [9.17, 15) is 27.6 Å². The van der Waals surface area contributed by atoms with Crippen LogP contribution in [-0.4, -0.2) is 76.1 Å². The number of nitrogens with one attached hydrogen (secondary N) is 2. The fraction of sp³-hybridized carbons (Fsp3) is 0.643. The first-order valence-corrected chi connectivity index (χ1v) is 21.6. The van der Waals surface area contributed by atoms with Gasteiger partial charge >= 0.3 is 5.97 Å². The standard InChI is InChI=1S/C42H56N4O8S/c1-7-27-15-16-32-31(21-27)30-17-18-41(54-35(30)26(2)43-32)24-33-36(48)44-42(38(50)45-55(51,52)40(6)19-20-40)23-29(42)14-12-10-8-9-11-13-28(37(49)46(33)25-41)22-34(47)53-39(3,4)5/h12,14-16,21,28-29,33H,7-11,13,17-20,22-25H2,1-6H3,(H,44,48)(H,45,50)/b14-12-/t28-,29-,33+,41-,42-/m1/s1. The van der Waals surface area contributed by atoms with E-state index in [4.69, 9.17) is 14.5 Å². The number of ether oxygens (including phenoxy) is 2. The smallest absolute Gasteiger partial charge is 0.307 e. The van der Waals surface area contributed by atoms with E-state index in [1.807, 2.05) is 25.1 Å². The number of rotatable bonds is 6. The van der Waals surface area contributed by atoms with Crippen LogP contribution in [0.1, 0.15) is 122 Å². The number of carbonyl (C=O) groups excluding carboxylic acids is 4. The van der Waals surface area contributed by atoms with E-state index in [1.165, 1.54) is 5.56 Å². The highest BCUT2D eigenvalue weighted by Gasteiger charge is 2.64. The molecule has 5 aliphatic rings. The fourth-order valence-electron chi connectivity index (χ4n) is 8.67. The number of hydrogen-bond donors (Lipinski definition) is 2. The van der Waals surface area contributed by atoms with Crippen LogP contribution in [0.2, 0.25) is 0 Å². The quantitative estimate of drug-likeness (QED) is 0.285. The van der Waals surface area contributed by atoms with Gasteiger partial charge in [0.2, 0.25) is 21.8 Å². The molecule has 2 aromatic rings. The normalized spacial score (nSPS) is 29.8. The van der Waals surface area contributed by atoms with Gasteiger partial charge in [-0.2, -0.15) is 0 Å². The molecule has 13 heteroatoms. The molecule has 298 valence electrons. The van der Waals surface area contributed by atoms with E-state index >= 15 is 0 Å². The molecule has 3 amide bonds. The van der Waals surface area contributed by atoms with E-state index in [1.54, 1.807) is 32.6 Å². The molecule has 0 unspecified atom stereocenters. The number of allylic oxidation sites excluding steroid dienone is 1. The predicted octanol–water partition coefficient (Wildman–Crippen LogP) is 5.51. The van der Waals surface area contributed by atoms with Crippen LogP contribution in [0.15, 0.2) is 30.4 Å². The van der Waals surface area contributed by atoms with Crippen molar-refractivity contribution in [3.8, 4) is 5.75 Å². The first-order valence-electron chi connectivity index (χ1n) is 20.1. The summed E-state index contributed by atoms with van der Waals surface area (Å²) in [7, 11) is -3.97. The lowest BCUT2D eigenvalue weighted by Gasteiger charge is -2.36. The van der Waals surface area contributed by atoms with Crippen LogP contribution < -0.4 is 14.8 Å². The minimum Gasteiger partial charge on any atom is -0.483 e. The summed E-state index contributed by atoms with van der Waals surface area (Å²) in [6, 6.07) is 5.25. The summed E-state index contributed by atoms with van der Waals surface area (Å²) in [5.41, 5.74) is 0.712. The second kappa shape index (κ2) is 14.2. The van der Waals surface area contributed by atoms with Gasteiger partial charge < -0.3 is 19.7 Å². The Morgan fingerprint density at radius 2 is 1.87 bits per heavy atom. The number of sulfonamides is 1. The molecule has 0 radical (unpaired) electrons. The highest BCUT2D eigenvalue weighted by molar-refractivity contribution is 7.91. The molecule has 0 bridgehead atoms. The van der Waals surface area contributed by atoms with Gasteiger partial charge in [-0.1, -0.05) is 38.0 Å². The number of amides is 3. The van der Waals surface area contributed by atoms with Gasteiger partial charge in [0.25, 0.3) is 5.91 Å². The van der Waals surface area contributed by atoms with Crippen molar-refractivity contribution in [3.63, 3.8) is 0 Å². The zero-order chi connectivity index (χ0) is 39.6. The van der Waals surface area contributed by atoms with Gasteiger partial charge in [0.05, 0.1) is 28.9 Å². The number of nitrogens with zero attached hydrogens (tertiary/aromatic N) is 2. The Hall–Kier alpha value is -4.00. The number of esters is 1. The molecule has 55 heavy (non-hydrogen) atoms. The molecule has 5 atom stereocenters. The van der Waals surface area contributed by atoms with E-state index in [0.29, 0.717) is 44.3 Å². The molecule has 2 saturated carbocycles. The third-order valence-electron chi connectivity index (χ3n) is 12.4. The van der Waals surface area contributed by atoms with Gasteiger partial charge in [-0.3, -0.25) is 23.9 Å². The molecule has 1 saturated heterocycles. The third-order valence-corrected chi connectivity index (χ3v) is 14.6. The van der Waals surface area contributed by atoms with Crippen LogP contribution in [0, 0.1) is 18.8 Å². The van der Waals surface area contributed by atoms with Crippen LogP contribution in [0.3, 0.4) is 0 Å². The van der Waals surface area contributed by atoms with Gasteiger partial charge in [0, 0.05) is 29.2 Å². The largest absolute Gasteiger partial charge is 0.483 e. The second-order valence-electron chi connectivity index (χ2n) is 17.9. The number of pyridine rings is 1. The van der Waals surface area contributed by atoms with Crippen molar-refractivity contribution >= 4 is 44.6 Å². The van der Waals surface area contributed by atoms with Gasteiger partial charge in [0.15, 0.2) is 0 Å². The monoisotopic (exact) mass is 776 g/mol. The average molecular weight is 777 g/mol. The van der Waals surface area contributed by atoms with Gasteiger partial charge in [-0.15, -0.1) is 0 Å². The summed E-state index contributed by atoms with van der Waals surface area (Å²) in [4.78, 5) is 63.1. The lowest BCUT2D eigenvalue weighted by Crippen LogP contribution is -2.57. The number of aromatic nitrogens is 1. The molecule has 12 nitrogen and oxygen atoms in total. The molecule has 3 aliphatic heterocycles. The Labute approximate surface area is 324 Å². The van der Waals surface area contributed by atoms with Crippen molar-refractivity contribution in [3.05, 3.63) is 47.2 Å². The molecule has 3 fully saturated rings. The number of aryl methyl sites for hydroxylation is 3. The lowest BCUT2D eigenvalue weighted by atomic mass is 9.87. The maximum Gasteiger partial charge on any atom is 0.307 e. The van der Waals surface area contributed by atoms with Crippen molar-refractivity contribution in [1.82, 2.24) is 19.9 Å². The summed E-state index contributed by atoms with van der Waals surface area (Å²) in [6.45, 7) is 11.1. The molecule has 1 aromatic heterocycles. The summed E-state index contributed by atoms with van der Waals surface area (Å²) >= 11 is 0. The first kappa shape index (κ1) is 39.2. The zero-order valence-electron chi connectivity index (χ0n) is 33.1. The van der Waals surface area contributed by atoms with Crippen molar-refractivity contribution in [2.45, 2.75) is 153 Å². The van der Waals surface area contributed by atoms with Crippen LogP contribution in [-0.2, 0) is 46.8 Å². The predicted molar refractivity (Wildman–Crippen MR) is 208 cm³/mol. The molecule has 2 aliphatic carbocycles. The maximum atomic E-state index is 14.8. The summed E-state index contributed by atoms with van der Waals surface area (Å²) in [5, 5.41) is 4.01. The van der Waals surface area contributed by atoms with Gasteiger partial charge in [0.1, 0.15) is 28.5 Å². The lowest BCUT2D eigenvalue weighted by molar-refractivity contribution is -0.159. The van der Waals surface area contributed by atoms with E-state index in [2.05, 4.69) is 29.1 Å². The van der Waals surface area contributed by atoms with Crippen molar-refractivity contribution in [2.75, 3.05) is 6.54 Å². The van der Waals surface area contributed by atoms with Crippen molar-refractivity contribution in [1.29, 1.82) is 0 Å². The van der Waals surface area contributed by atoms with Crippen LogP contribution in [0.4, 0.5) is 0 Å². The number of fused-ring (bicyclic) bond motifs is 5. The minimum atomic E-state index is -3.97. The number of carbonyl (C=O) groups is 4. The average Bonchev–Trinajstić information content (AvgIpc) is 4.01. The minimum absolute atomic E-state index is 0.107. The van der Waals surface area contributed by atoms with Crippen LogP contribution in [0.5, 0.6) is 5.75 Å². The van der Waals surface area contributed by atoms with Crippen LogP contribution >= 0.6 is 0 Å². The Morgan fingerprint density at radius 1 is 1.11 bits per heavy atom. The fourth-order valence-corrected chi connectivity index (χ4v) is 9.99. The van der Waals surface area contributed by atoms with E-state index in [0.717, 1.165) is 47.8 Å². The molecule has 1 spiro atoms. The zero-order valence-corrected chi connectivity index (χ0v) is 33.9. The molecule has 1 aromatic carbocycles. The first-order chi connectivity index (χ1) is 25.9. The van der Waals surface area contributed by atoms with E-state index < -0.39 is 67.2 Å². The molecular formula is C42H56N4O8S. The van der Waals surface area contributed by atoms with Crippen LogP contribution in [0.25, 0.3) is 10.9 Å². The third kappa shape index (κ3) is 7.74. The molecule has 4 heterocycles. The Balaban J connectivity index is 1.24. The van der Waals surface area contributed by atoms with Gasteiger partial charge in [-0.05, 0) is 110 Å². The van der Waals surface area contributed by atoms with E-state index in [-0.39, 0.29) is 31.7 Å². The highest BCUT2D eigenvalue weighted by Crippen LogP contribution is 2.49. The topological polar surface area (TPSA) is 161 Å². The summed E-state index contributed by atoms with van der Waals surface area (Å²) in [6.07, 6.45) is 10.7. The Kier molecular flexibility index (Phi) is 10.1.